The highest BCUT2D eigenvalue weighted by molar-refractivity contribution is 9.10. The predicted molar refractivity (Wildman–Crippen MR) is 124 cm³/mol. The number of rotatable bonds is 5. The summed E-state index contributed by atoms with van der Waals surface area (Å²) in [6.45, 7) is 1.40. The SMILES string of the molecule is Cc1cc(Br)ccc1NC(=O)COC(=O)c1cccc(N2C(=O)[C@@H]3[C@H](C2=O)[C@H]2C=C[C@H]3C2)c1. The van der Waals surface area contributed by atoms with Crippen LogP contribution in [0.3, 0.4) is 0 Å². The second-order valence-electron chi connectivity index (χ2n) is 8.65. The van der Waals surface area contributed by atoms with E-state index in [1.54, 1.807) is 24.3 Å². The Hall–Kier alpha value is -3.26. The maximum atomic E-state index is 13.0. The van der Waals surface area contributed by atoms with Gasteiger partial charge in [0.25, 0.3) is 5.91 Å². The Labute approximate surface area is 198 Å². The lowest BCUT2D eigenvalue weighted by atomic mass is 9.85. The van der Waals surface area contributed by atoms with Crippen molar-refractivity contribution in [2.75, 3.05) is 16.8 Å². The predicted octanol–water partition coefficient (Wildman–Crippen LogP) is 3.86. The van der Waals surface area contributed by atoms with E-state index in [1.807, 2.05) is 25.1 Å². The third-order valence-electron chi connectivity index (χ3n) is 6.61. The van der Waals surface area contributed by atoms with Crippen LogP contribution in [0.1, 0.15) is 22.3 Å². The third kappa shape index (κ3) is 3.78. The number of aryl methyl sites for hydroxylation is 1. The molecule has 2 fully saturated rings. The Morgan fingerprint density at radius 3 is 2.42 bits per heavy atom. The summed E-state index contributed by atoms with van der Waals surface area (Å²) in [4.78, 5) is 52.0. The van der Waals surface area contributed by atoms with Crippen molar-refractivity contribution in [2.24, 2.45) is 23.7 Å². The molecule has 0 aromatic heterocycles. The van der Waals surface area contributed by atoms with Crippen molar-refractivity contribution in [1.82, 2.24) is 0 Å². The van der Waals surface area contributed by atoms with Gasteiger partial charge in [0.15, 0.2) is 6.61 Å². The number of carbonyl (C=O) groups is 4. The first-order valence-corrected chi connectivity index (χ1v) is 11.5. The van der Waals surface area contributed by atoms with Crippen molar-refractivity contribution in [1.29, 1.82) is 0 Å². The zero-order valence-corrected chi connectivity index (χ0v) is 19.4. The summed E-state index contributed by atoms with van der Waals surface area (Å²) in [5.74, 6) is -1.99. The number of hydrogen-bond acceptors (Lipinski definition) is 5. The molecule has 7 nitrogen and oxygen atoms in total. The molecule has 0 unspecified atom stereocenters. The summed E-state index contributed by atoms with van der Waals surface area (Å²) >= 11 is 3.37. The fourth-order valence-corrected chi connectivity index (χ4v) is 5.57. The summed E-state index contributed by atoms with van der Waals surface area (Å²) in [5, 5.41) is 2.71. The Morgan fingerprint density at radius 1 is 1.06 bits per heavy atom. The number of hydrogen-bond donors (Lipinski definition) is 1. The number of ether oxygens (including phenoxy) is 1. The Morgan fingerprint density at radius 2 is 1.76 bits per heavy atom. The number of esters is 1. The third-order valence-corrected chi connectivity index (χ3v) is 7.10. The monoisotopic (exact) mass is 508 g/mol. The zero-order valence-electron chi connectivity index (χ0n) is 17.8. The summed E-state index contributed by atoms with van der Waals surface area (Å²) in [6, 6.07) is 11.6. The first kappa shape index (κ1) is 21.6. The molecule has 4 atom stereocenters. The lowest BCUT2D eigenvalue weighted by Gasteiger charge is -2.18. The number of imide groups is 1. The molecule has 2 aromatic rings. The second-order valence-corrected chi connectivity index (χ2v) is 9.56. The standard InChI is InChI=1S/C25H21BrN2O5/c1-13-9-17(26)7-8-19(13)27-20(29)12-33-25(32)16-3-2-4-18(11-16)28-23(30)21-14-5-6-15(10-14)22(21)24(28)31/h2-9,11,14-15,21-22H,10,12H2,1H3,(H,27,29)/t14-,15-,21-,22+/m0/s1. The van der Waals surface area contributed by atoms with Crippen molar-refractivity contribution in [2.45, 2.75) is 13.3 Å². The minimum absolute atomic E-state index is 0.113. The molecule has 0 spiro atoms. The highest BCUT2D eigenvalue weighted by atomic mass is 79.9. The number of amides is 3. The van der Waals surface area contributed by atoms with Gasteiger partial charge in [0, 0.05) is 10.2 Å². The van der Waals surface area contributed by atoms with E-state index in [4.69, 9.17) is 4.74 Å². The number of fused-ring (bicyclic) bond motifs is 5. The maximum absolute atomic E-state index is 13.0. The lowest BCUT2D eigenvalue weighted by Crippen LogP contribution is -2.33. The average Bonchev–Trinajstić information content (AvgIpc) is 3.48. The fourth-order valence-electron chi connectivity index (χ4n) is 5.10. The van der Waals surface area contributed by atoms with Gasteiger partial charge in [0.05, 0.1) is 23.1 Å². The van der Waals surface area contributed by atoms with Crippen molar-refractivity contribution >= 4 is 51.0 Å². The van der Waals surface area contributed by atoms with Crippen LogP contribution in [-0.2, 0) is 19.1 Å². The molecule has 1 N–H and O–H groups in total. The Balaban J connectivity index is 1.25. The molecule has 1 aliphatic heterocycles. The molecule has 2 aromatic carbocycles. The topological polar surface area (TPSA) is 92.8 Å². The summed E-state index contributed by atoms with van der Waals surface area (Å²) in [7, 11) is 0. The van der Waals surface area contributed by atoms with E-state index < -0.39 is 18.5 Å². The van der Waals surface area contributed by atoms with E-state index in [9.17, 15) is 19.2 Å². The van der Waals surface area contributed by atoms with Gasteiger partial charge in [-0.25, -0.2) is 9.69 Å². The van der Waals surface area contributed by atoms with E-state index in [0.717, 1.165) is 16.5 Å². The molecule has 1 saturated heterocycles. The molecular formula is C25H21BrN2O5. The van der Waals surface area contributed by atoms with Crippen LogP contribution in [0.4, 0.5) is 11.4 Å². The summed E-state index contributed by atoms with van der Waals surface area (Å²) in [5.41, 5.74) is 2.01. The summed E-state index contributed by atoms with van der Waals surface area (Å²) in [6.07, 6.45) is 4.93. The normalized spacial score (nSPS) is 24.8. The number of nitrogens with zero attached hydrogens (tertiary/aromatic N) is 1. The van der Waals surface area contributed by atoms with Crippen LogP contribution < -0.4 is 10.2 Å². The lowest BCUT2D eigenvalue weighted by molar-refractivity contribution is -0.123. The van der Waals surface area contributed by atoms with E-state index in [2.05, 4.69) is 21.2 Å². The van der Waals surface area contributed by atoms with Crippen molar-refractivity contribution < 1.29 is 23.9 Å². The quantitative estimate of drug-likeness (QED) is 0.376. The first-order chi connectivity index (χ1) is 15.8. The highest BCUT2D eigenvalue weighted by Crippen LogP contribution is 2.53. The van der Waals surface area contributed by atoms with Crippen LogP contribution in [0.5, 0.6) is 0 Å². The van der Waals surface area contributed by atoms with E-state index >= 15 is 0 Å². The van der Waals surface area contributed by atoms with Gasteiger partial charge in [-0.15, -0.1) is 0 Å². The second kappa shape index (κ2) is 8.26. The molecule has 5 rings (SSSR count). The van der Waals surface area contributed by atoms with Crippen LogP contribution in [-0.4, -0.2) is 30.3 Å². The van der Waals surface area contributed by atoms with Gasteiger partial charge >= 0.3 is 5.97 Å². The number of carbonyl (C=O) groups excluding carboxylic acids is 4. The van der Waals surface area contributed by atoms with Crippen LogP contribution in [0.25, 0.3) is 0 Å². The molecule has 0 radical (unpaired) electrons. The van der Waals surface area contributed by atoms with Gasteiger partial charge in [0.1, 0.15) is 0 Å². The number of anilines is 2. The van der Waals surface area contributed by atoms with Gasteiger partial charge in [-0.2, -0.15) is 0 Å². The highest BCUT2D eigenvalue weighted by Gasteiger charge is 2.59. The molecule has 168 valence electrons. The van der Waals surface area contributed by atoms with Gasteiger partial charge in [-0.05, 0) is 67.1 Å². The fraction of sp³-hybridized carbons (Fsp3) is 0.280. The van der Waals surface area contributed by atoms with Gasteiger partial charge in [0.2, 0.25) is 11.8 Å². The van der Waals surface area contributed by atoms with Crippen molar-refractivity contribution in [3.05, 3.63) is 70.2 Å². The Bertz CT molecular complexity index is 1190. The molecule has 8 heteroatoms. The number of halogens is 1. The van der Waals surface area contributed by atoms with Gasteiger partial charge < -0.3 is 10.1 Å². The molecule has 2 bridgehead atoms. The van der Waals surface area contributed by atoms with E-state index in [-0.39, 0.29) is 41.0 Å². The maximum Gasteiger partial charge on any atom is 0.338 e. The van der Waals surface area contributed by atoms with Crippen molar-refractivity contribution in [3.63, 3.8) is 0 Å². The van der Waals surface area contributed by atoms with Gasteiger partial charge in [-0.3, -0.25) is 14.4 Å². The smallest absolute Gasteiger partial charge is 0.338 e. The van der Waals surface area contributed by atoms with Crippen LogP contribution in [0, 0.1) is 30.6 Å². The van der Waals surface area contributed by atoms with E-state index in [0.29, 0.717) is 11.4 Å². The number of nitrogens with one attached hydrogen (secondary N) is 1. The van der Waals surface area contributed by atoms with Crippen molar-refractivity contribution in [3.8, 4) is 0 Å². The average molecular weight is 509 g/mol. The molecule has 1 heterocycles. The zero-order chi connectivity index (χ0) is 23.3. The van der Waals surface area contributed by atoms with Crippen LogP contribution in [0.15, 0.2) is 59.1 Å². The molecule has 3 amide bonds. The van der Waals surface area contributed by atoms with Crippen LogP contribution >= 0.6 is 15.9 Å². The molecular weight excluding hydrogens is 488 g/mol. The molecule has 3 aliphatic rings. The first-order valence-electron chi connectivity index (χ1n) is 10.7. The Kier molecular flexibility index (Phi) is 5.40. The molecule has 1 saturated carbocycles. The largest absolute Gasteiger partial charge is 0.452 e. The molecule has 2 aliphatic carbocycles. The number of allylic oxidation sites excluding steroid dienone is 2. The van der Waals surface area contributed by atoms with Gasteiger partial charge in [-0.1, -0.05) is 34.1 Å². The van der Waals surface area contributed by atoms with Crippen LogP contribution in [0.2, 0.25) is 0 Å². The minimum Gasteiger partial charge on any atom is -0.452 e. The minimum atomic E-state index is -0.708. The number of benzene rings is 2. The van der Waals surface area contributed by atoms with E-state index in [1.165, 1.54) is 17.0 Å². The summed E-state index contributed by atoms with van der Waals surface area (Å²) < 4.78 is 6.05. The molecule has 33 heavy (non-hydrogen) atoms.